The molecule has 3 aromatic rings. The molecule has 1 fully saturated rings. The first-order valence-corrected chi connectivity index (χ1v) is 11.2. The molecule has 2 aromatic heterocycles. The number of carbonyl (C=O) groups is 1. The number of aromatic nitrogens is 3. The number of nitrogens with zero attached hydrogens (tertiary/aromatic N) is 4. The van der Waals surface area contributed by atoms with Crippen molar-refractivity contribution in [3.63, 3.8) is 0 Å². The van der Waals surface area contributed by atoms with Crippen LogP contribution in [-0.4, -0.2) is 51.0 Å². The van der Waals surface area contributed by atoms with Gasteiger partial charge in [-0.1, -0.05) is 0 Å². The van der Waals surface area contributed by atoms with E-state index in [1.165, 1.54) is 22.8 Å². The zero-order valence-corrected chi connectivity index (χ0v) is 18.7. The van der Waals surface area contributed by atoms with Gasteiger partial charge in [0.2, 0.25) is 0 Å². The molecule has 1 aromatic carbocycles. The Hall–Kier alpha value is -3.76. The third-order valence-electron chi connectivity index (χ3n) is 7.11. The van der Waals surface area contributed by atoms with Gasteiger partial charge in [-0.25, -0.2) is 4.98 Å². The fraction of sp³-hybridized carbons (Fsp3) is 0.375. The molecule has 0 spiro atoms. The summed E-state index contributed by atoms with van der Waals surface area (Å²) in [5.74, 6) is 0.0166. The highest BCUT2D eigenvalue weighted by Crippen LogP contribution is 2.60. The minimum absolute atomic E-state index is 0.0971. The molecular formula is C24H21F3N4O4. The number of amides is 1. The summed E-state index contributed by atoms with van der Waals surface area (Å²) in [6.45, 7) is 3.24. The van der Waals surface area contributed by atoms with Crippen LogP contribution in [0.15, 0.2) is 47.7 Å². The molecule has 0 N–H and O–H groups in total. The predicted octanol–water partition coefficient (Wildman–Crippen LogP) is 3.05. The van der Waals surface area contributed by atoms with E-state index in [4.69, 9.17) is 4.74 Å². The number of hydrogen-bond donors (Lipinski definition) is 0. The maximum Gasteiger partial charge on any atom is 0.573 e. The second-order valence-electron chi connectivity index (χ2n) is 9.28. The standard InChI is InChI=1S/C24H21F3N4O4/c1-14-10-30(13-28-14)18-3-4-19-21(32)29(6-7-31(19)22(18)33)12-23-9-15(23)11-34-20-5-2-16(8-17(20)23)35-24(25,26)27/h2-5,8,10,13,15H,6-7,9,11-12H2,1H3. The van der Waals surface area contributed by atoms with Crippen molar-refractivity contribution in [1.29, 1.82) is 0 Å². The molecule has 1 saturated carbocycles. The van der Waals surface area contributed by atoms with Gasteiger partial charge in [0.05, 0.1) is 18.6 Å². The summed E-state index contributed by atoms with van der Waals surface area (Å²) in [4.78, 5) is 32.3. The van der Waals surface area contributed by atoms with E-state index in [1.54, 1.807) is 34.1 Å². The zero-order chi connectivity index (χ0) is 24.5. The average molecular weight is 486 g/mol. The van der Waals surface area contributed by atoms with Crippen molar-refractivity contribution in [3.05, 3.63) is 70.2 Å². The molecule has 6 rings (SSSR count). The molecule has 0 saturated heterocycles. The Labute approximate surface area is 197 Å². The van der Waals surface area contributed by atoms with Crippen LogP contribution in [-0.2, 0) is 12.0 Å². The molecule has 2 aliphatic heterocycles. The average Bonchev–Trinajstić information content (AvgIpc) is 3.37. The number of hydrogen-bond acceptors (Lipinski definition) is 5. The first kappa shape index (κ1) is 21.8. The van der Waals surface area contributed by atoms with E-state index in [0.717, 1.165) is 5.69 Å². The number of carbonyl (C=O) groups excluding carboxylic acids is 1. The summed E-state index contributed by atoms with van der Waals surface area (Å²) in [5.41, 5.74) is 1.32. The Kier molecular flexibility index (Phi) is 4.58. The number of imidazole rings is 1. The molecule has 0 bridgehead atoms. The minimum Gasteiger partial charge on any atom is -0.493 e. The van der Waals surface area contributed by atoms with Gasteiger partial charge in [-0.3, -0.25) is 9.59 Å². The Bertz CT molecular complexity index is 1410. The topological polar surface area (TPSA) is 78.6 Å². The summed E-state index contributed by atoms with van der Waals surface area (Å²) in [6.07, 6.45) is -0.799. The second kappa shape index (κ2) is 7.37. The normalized spacial score (nSPS) is 22.7. The maximum atomic E-state index is 13.4. The number of alkyl halides is 3. The maximum absolute atomic E-state index is 13.4. The molecule has 2 atom stereocenters. The first-order valence-electron chi connectivity index (χ1n) is 11.2. The van der Waals surface area contributed by atoms with Crippen LogP contribution >= 0.6 is 0 Å². The van der Waals surface area contributed by atoms with Crippen molar-refractivity contribution in [1.82, 2.24) is 19.0 Å². The molecule has 1 amide bonds. The highest BCUT2D eigenvalue weighted by molar-refractivity contribution is 5.93. The van der Waals surface area contributed by atoms with Crippen molar-refractivity contribution >= 4 is 5.91 Å². The van der Waals surface area contributed by atoms with Crippen molar-refractivity contribution in [2.24, 2.45) is 5.92 Å². The third kappa shape index (κ3) is 3.57. The molecule has 2 unspecified atom stereocenters. The Morgan fingerprint density at radius 1 is 1.20 bits per heavy atom. The van der Waals surface area contributed by atoms with E-state index < -0.39 is 11.8 Å². The molecule has 35 heavy (non-hydrogen) atoms. The van der Waals surface area contributed by atoms with Gasteiger partial charge >= 0.3 is 6.36 Å². The Balaban J connectivity index is 1.29. The van der Waals surface area contributed by atoms with Crippen molar-refractivity contribution in [2.45, 2.75) is 31.7 Å². The zero-order valence-electron chi connectivity index (χ0n) is 18.7. The second-order valence-corrected chi connectivity index (χ2v) is 9.28. The smallest absolute Gasteiger partial charge is 0.493 e. The van der Waals surface area contributed by atoms with Crippen molar-refractivity contribution in [3.8, 4) is 17.2 Å². The third-order valence-corrected chi connectivity index (χ3v) is 7.11. The molecule has 8 nitrogen and oxygen atoms in total. The van der Waals surface area contributed by atoms with Gasteiger partial charge in [-0.2, -0.15) is 0 Å². The van der Waals surface area contributed by atoms with E-state index >= 15 is 0 Å². The van der Waals surface area contributed by atoms with Crippen LogP contribution in [0.2, 0.25) is 0 Å². The monoisotopic (exact) mass is 486 g/mol. The van der Waals surface area contributed by atoms with Crippen LogP contribution in [0.1, 0.15) is 28.2 Å². The summed E-state index contributed by atoms with van der Waals surface area (Å²) >= 11 is 0. The summed E-state index contributed by atoms with van der Waals surface area (Å²) < 4.78 is 51.3. The van der Waals surface area contributed by atoms with Crippen LogP contribution in [0, 0.1) is 12.8 Å². The Morgan fingerprint density at radius 3 is 2.77 bits per heavy atom. The fourth-order valence-electron chi connectivity index (χ4n) is 5.32. The van der Waals surface area contributed by atoms with Crippen LogP contribution in [0.25, 0.3) is 5.69 Å². The largest absolute Gasteiger partial charge is 0.573 e. The fourth-order valence-corrected chi connectivity index (χ4v) is 5.32. The van der Waals surface area contributed by atoms with Gasteiger partial charge in [0.25, 0.3) is 11.5 Å². The van der Waals surface area contributed by atoms with Crippen LogP contribution in [0.3, 0.4) is 0 Å². The number of aryl methyl sites for hydroxylation is 1. The van der Waals surface area contributed by atoms with E-state index in [9.17, 15) is 22.8 Å². The number of halogens is 3. The van der Waals surface area contributed by atoms with Gasteiger partial charge in [0.1, 0.15) is 22.9 Å². The first-order chi connectivity index (χ1) is 16.6. The lowest BCUT2D eigenvalue weighted by Crippen LogP contribution is -2.48. The van der Waals surface area contributed by atoms with E-state index in [2.05, 4.69) is 9.72 Å². The van der Waals surface area contributed by atoms with Crippen LogP contribution < -0.4 is 15.0 Å². The molecular weight excluding hydrogens is 465 g/mol. The summed E-state index contributed by atoms with van der Waals surface area (Å²) in [7, 11) is 0. The molecule has 3 aliphatic rings. The quantitative estimate of drug-likeness (QED) is 0.567. The van der Waals surface area contributed by atoms with Gasteiger partial charge in [0, 0.05) is 42.7 Å². The SMILES string of the molecule is Cc1cn(-c2ccc3n(c2=O)CCN(CC24CC2COc2ccc(OC(F)(F)F)cc24)C3=O)cn1. The Morgan fingerprint density at radius 2 is 2.03 bits per heavy atom. The van der Waals surface area contributed by atoms with Gasteiger partial charge in [0.15, 0.2) is 0 Å². The lowest BCUT2D eigenvalue weighted by molar-refractivity contribution is -0.274. The number of pyridine rings is 1. The van der Waals surface area contributed by atoms with Gasteiger partial charge < -0.3 is 23.5 Å². The van der Waals surface area contributed by atoms with Crippen LogP contribution in [0.5, 0.6) is 11.5 Å². The molecule has 182 valence electrons. The lowest BCUT2D eigenvalue weighted by atomic mass is 9.89. The predicted molar refractivity (Wildman–Crippen MR) is 117 cm³/mol. The number of fused-ring (bicyclic) bond motifs is 4. The molecule has 0 radical (unpaired) electrons. The summed E-state index contributed by atoms with van der Waals surface area (Å²) in [5, 5.41) is 0. The van der Waals surface area contributed by atoms with E-state index in [-0.39, 0.29) is 28.8 Å². The van der Waals surface area contributed by atoms with Gasteiger partial charge in [-0.05, 0) is 43.7 Å². The van der Waals surface area contributed by atoms with E-state index in [0.29, 0.717) is 49.7 Å². The van der Waals surface area contributed by atoms with Crippen molar-refractivity contribution < 1.29 is 27.4 Å². The minimum atomic E-state index is -4.80. The lowest BCUT2D eigenvalue weighted by Gasteiger charge is -2.35. The number of ether oxygens (including phenoxy) is 2. The molecule has 1 aliphatic carbocycles. The number of benzene rings is 1. The molecule has 11 heteroatoms. The molecule has 4 heterocycles. The van der Waals surface area contributed by atoms with Crippen molar-refractivity contribution in [2.75, 3.05) is 19.7 Å². The van der Waals surface area contributed by atoms with Crippen LogP contribution in [0.4, 0.5) is 13.2 Å². The van der Waals surface area contributed by atoms with Gasteiger partial charge in [-0.15, -0.1) is 13.2 Å². The number of rotatable bonds is 4. The highest BCUT2D eigenvalue weighted by atomic mass is 19.4. The van der Waals surface area contributed by atoms with E-state index in [1.807, 2.05) is 6.92 Å². The highest BCUT2D eigenvalue weighted by Gasteiger charge is 2.60. The summed E-state index contributed by atoms with van der Waals surface area (Å²) in [6, 6.07) is 7.33.